The fourth-order valence-corrected chi connectivity index (χ4v) is 4.01. The number of hydrogen-bond donors (Lipinski definition) is 1. The monoisotopic (exact) mass is 318 g/mol. The van der Waals surface area contributed by atoms with Crippen molar-refractivity contribution in [1.29, 1.82) is 0 Å². The number of nitrogens with zero attached hydrogens (tertiary/aromatic N) is 1. The second-order valence-electron chi connectivity index (χ2n) is 6.61. The molecule has 3 fully saturated rings. The van der Waals surface area contributed by atoms with E-state index in [0.717, 1.165) is 24.8 Å². The third-order valence-corrected chi connectivity index (χ3v) is 5.18. The SMILES string of the molecule is CCCOc1c(N)cc(C2C3CCC(CC3=O)N2C)cc1OC. The third kappa shape index (κ3) is 2.78. The van der Waals surface area contributed by atoms with Crippen LogP contribution in [0.3, 0.4) is 0 Å². The van der Waals surface area contributed by atoms with Gasteiger partial charge in [0.05, 0.1) is 19.4 Å². The molecule has 1 aliphatic carbocycles. The van der Waals surface area contributed by atoms with Crippen LogP contribution in [0.15, 0.2) is 12.1 Å². The number of carbonyl (C=O) groups is 1. The lowest BCUT2D eigenvalue weighted by molar-refractivity contribution is -0.136. The molecule has 5 heteroatoms. The average molecular weight is 318 g/mol. The molecule has 4 rings (SSSR count). The van der Waals surface area contributed by atoms with Gasteiger partial charge >= 0.3 is 0 Å². The number of ether oxygens (including phenoxy) is 2. The van der Waals surface area contributed by atoms with Gasteiger partial charge in [-0.3, -0.25) is 9.69 Å². The van der Waals surface area contributed by atoms with Crippen LogP contribution in [-0.2, 0) is 4.79 Å². The molecule has 3 unspecified atom stereocenters. The van der Waals surface area contributed by atoms with Gasteiger partial charge in [0.2, 0.25) is 0 Å². The van der Waals surface area contributed by atoms with Gasteiger partial charge in [-0.15, -0.1) is 0 Å². The summed E-state index contributed by atoms with van der Waals surface area (Å²) in [5.41, 5.74) is 7.84. The number of carbonyl (C=O) groups excluding carboxylic acids is 1. The largest absolute Gasteiger partial charge is 0.493 e. The van der Waals surface area contributed by atoms with Crippen molar-refractivity contribution in [1.82, 2.24) is 4.90 Å². The van der Waals surface area contributed by atoms with Crippen molar-refractivity contribution in [3.05, 3.63) is 17.7 Å². The summed E-state index contributed by atoms with van der Waals surface area (Å²) in [6, 6.07) is 4.37. The quantitative estimate of drug-likeness (QED) is 0.846. The molecule has 2 bridgehead atoms. The molecule has 3 atom stereocenters. The van der Waals surface area contributed by atoms with Crippen LogP contribution >= 0.6 is 0 Å². The predicted octanol–water partition coefficient (Wildman–Crippen LogP) is 2.79. The molecule has 0 aromatic heterocycles. The van der Waals surface area contributed by atoms with E-state index in [2.05, 4.69) is 18.9 Å². The average Bonchev–Trinajstić information content (AvgIpc) is 2.54. The highest BCUT2D eigenvalue weighted by molar-refractivity contribution is 5.84. The van der Waals surface area contributed by atoms with Crippen molar-refractivity contribution < 1.29 is 14.3 Å². The van der Waals surface area contributed by atoms with Gasteiger partial charge in [0.1, 0.15) is 5.78 Å². The molecule has 23 heavy (non-hydrogen) atoms. The number of ketones is 1. The number of benzene rings is 1. The Morgan fingerprint density at radius 2 is 2.13 bits per heavy atom. The first-order chi connectivity index (χ1) is 11.1. The second-order valence-corrected chi connectivity index (χ2v) is 6.61. The smallest absolute Gasteiger partial charge is 0.184 e. The Kier molecular flexibility index (Phi) is 4.48. The summed E-state index contributed by atoms with van der Waals surface area (Å²) in [7, 11) is 3.73. The summed E-state index contributed by atoms with van der Waals surface area (Å²) >= 11 is 0. The molecule has 1 aromatic rings. The van der Waals surface area contributed by atoms with Gasteiger partial charge in [-0.05, 0) is 44.0 Å². The summed E-state index contributed by atoms with van der Waals surface area (Å²) < 4.78 is 11.2. The maximum atomic E-state index is 12.3. The first-order valence-electron chi connectivity index (χ1n) is 8.41. The molecule has 2 saturated heterocycles. The van der Waals surface area contributed by atoms with Crippen molar-refractivity contribution in [2.75, 3.05) is 26.5 Å². The van der Waals surface area contributed by atoms with E-state index in [4.69, 9.17) is 15.2 Å². The maximum absolute atomic E-state index is 12.3. The normalized spacial score (nSPS) is 27.3. The van der Waals surface area contributed by atoms with Crippen LogP contribution in [-0.4, -0.2) is 37.5 Å². The Morgan fingerprint density at radius 1 is 1.35 bits per heavy atom. The standard InChI is InChI=1S/C18H26N2O3/c1-4-7-23-18-14(19)8-11(9-16(18)22-3)17-13-6-5-12(20(17)2)10-15(13)21/h8-9,12-13,17H,4-7,10,19H2,1-3H3. The van der Waals surface area contributed by atoms with E-state index in [9.17, 15) is 4.79 Å². The van der Waals surface area contributed by atoms with Crippen molar-refractivity contribution in [2.24, 2.45) is 5.92 Å². The van der Waals surface area contributed by atoms with E-state index in [0.29, 0.717) is 42.0 Å². The van der Waals surface area contributed by atoms with Gasteiger partial charge in [0.25, 0.3) is 0 Å². The van der Waals surface area contributed by atoms with E-state index in [-0.39, 0.29) is 12.0 Å². The molecule has 1 saturated carbocycles. The van der Waals surface area contributed by atoms with Gasteiger partial charge in [-0.1, -0.05) is 6.92 Å². The third-order valence-electron chi connectivity index (χ3n) is 5.18. The number of fused-ring (bicyclic) bond motifs is 3. The predicted molar refractivity (Wildman–Crippen MR) is 89.8 cm³/mol. The van der Waals surface area contributed by atoms with Gasteiger partial charge in [-0.2, -0.15) is 0 Å². The first-order valence-corrected chi connectivity index (χ1v) is 8.41. The van der Waals surface area contributed by atoms with Gasteiger partial charge < -0.3 is 15.2 Å². The van der Waals surface area contributed by atoms with Crippen LogP contribution in [0.1, 0.15) is 44.2 Å². The van der Waals surface area contributed by atoms with Crippen LogP contribution in [0.2, 0.25) is 0 Å². The minimum atomic E-state index is 0.0662. The highest BCUT2D eigenvalue weighted by Gasteiger charge is 2.45. The van der Waals surface area contributed by atoms with Crippen LogP contribution in [0.4, 0.5) is 5.69 Å². The topological polar surface area (TPSA) is 64.8 Å². The lowest BCUT2D eigenvalue weighted by Crippen LogP contribution is -2.52. The Balaban J connectivity index is 1.96. The van der Waals surface area contributed by atoms with Crippen LogP contribution in [0.5, 0.6) is 11.5 Å². The molecular formula is C18H26N2O3. The maximum Gasteiger partial charge on any atom is 0.184 e. The highest BCUT2D eigenvalue weighted by atomic mass is 16.5. The Morgan fingerprint density at radius 3 is 2.78 bits per heavy atom. The summed E-state index contributed by atoms with van der Waals surface area (Å²) in [4.78, 5) is 14.6. The Labute approximate surface area is 137 Å². The number of nitrogens with two attached hydrogens (primary N) is 1. The molecule has 126 valence electrons. The molecule has 0 amide bonds. The van der Waals surface area contributed by atoms with Gasteiger partial charge in [-0.25, -0.2) is 0 Å². The molecule has 1 aromatic carbocycles. The fourth-order valence-electron chi connectivity index (χ4n) is 4.01. The fraction of sp³-hybridized carbons (Fsp3) is 0.611. The Hall–Kier alpha value is -1.75. The molecule has 3 aliphatic rings. The minimum Gasteiger partial charge on any atom is -0.493 e. The molecule has 0 spiro atoms. The summed E-state index contributed by atoms with van der Waals surface area (Å²) in [5.74, 6) is 1.70. The molecule has 2 aliphatic heterocycles. The summed E-state index contributed by atoms with van der Waals surface area (Å²) in [5, 5.41) is 0. The number of nitrogen functional groups attached to an aromatic ring is 1. The highest BCUT2D eigenvalue weighted by Crippen LogP contribution is 2.47. The molecule has 0 radical (unpaired) electrons. The molecular weight excluding hydrogens is 292 g/mol. The van der Waals surface area contributed by atoms with Crippen LogP contribution in [0, 0.1) is 5.92 Å². The van der Waals surface area contributed by atoms with Crippen molar-refractivity contribution in [3.8, 4) is 11.5 Å². The number of Topliss-reactive ketones (excluding diaryl/α,β-unsaturated/α-hetero) is 1. The number of rotatable bonds is 5. The van der Waals surface area contributed by atoms with E-state index in [1.165, 1.54) is 0 Å². The zero-order valence-electron chi connectivity index (χ0n) is 14.2. The van der Waals surface area contributed by atoms with Crippen molar-refractivity contribution in [3.63, 3.8) is 0 Å². The number of methoxy groups -OCH3 is 1. The minimum absolute atomic E-state index is 0.0662. The van der Waals surface area contributed by atoms with Crippen molar-refractivity contribution >= 4 is 11.5 Å². The zero-order valence-corrected chi connectivity index (χ0v) is 14.2. The lowest BCUT2D eigenvalue weighted by atomic mass is 9.72. The summed E-state index contributed by atoms with van der Waals surface area (Å²) in [6.07, 6.45) is 3.67. The summed E-state index contributed by atoms with van der Waals surface area (Å²) in [6.45, 7) is 2.66. The molecule has 2 heterocycles. The van der Waals surface area contributed by atoms with Crippen LogP contribution < -0.4 is 15.2 Å². The number of piperidine rings is 2. The molecule has 5 nitrogen and oxygen atoms in total. The van der Waals surface area contributed by atoms with E-state index in [1.807, 2.05) is 12.1 Å². The lowest BCUT2D eigenvalue weighted by Gasteiger charge is -2.49. The van der Waals surface area contributed by atoms with E-state index < -0.39 is 0 Å². The zero-order chi connectivity index (χ0) is 16.6. The van der Waals surface area contributed by atoms with Crippen LogP contribution in [0.25, 0.3) is 0 Å². The van der Waals surface area contributed by atoms with Gasteiger partial charge in [0.15, 0.2) is 11.5 Å². The van der Waals surface area contributed by atoms with Crippen molar-refractivity contribution in [2.45, 2.75) is 44.7 Å². The number of hydrogen-bond acceptors (Lipinski definition) is 5. The molecule has 2 N–H and O–H groups in total. The number of anilines is 1. The first kappa shape index (κ1) is 16.1. The Bertz CT molecular complexity index is 602. The van der Waals surface area contributed by atoms with Gasteiger partial charge in [0, 0.05) is 24.4 Å². The second kappa shape index (κ2) is 6.40. The van der Waals surface area contributed by atoms with E-state index >= 15 is 0 Å². The van der Waals surface area contributed by atoms with E-state index in [1.54, 1.807) is 7.11 Å².